The highest BCUT2D eigenvalue weighted by Gasteiger charge is 1.90. The first-order valence-corrected chi connectivity index (χ1v) is 8.66. The van der Waals surface area contributed by atoms with Gasteiger partial charge in [-0.25, -0.2) is 4.61 Å². The summed E-state index contributed by atoms with van der Waals surface area (Å²) < 4.78 is 9.01. The molecule has 0 radical (unpaired) electrons. The van der Waals surface area contributed by atoms with Crippen LogP contribution in [0.5, 0.6) is 0 Å². The van der Waals surface area contributed by atoms with Crippen molar-refractivity contribution in [2.75, 3.05) is 5.75 Å². The lowest BCUT2D eigenvalue weighted by molar-refractivity contribution is 0.627. The van der Waals surface area contributed by atoms with Gasteiger partial charge in [0.15, 0.2) is 0 Å². The maximum absolute atomic E-state index is 9.01. The smallest absolute Gasteiger partial charge is 0.0141 e. The molecule has 0 spiro atoms. The molecule has 0 fully saturated rings. The van der Waals surface area contributed by atoms with E-state index in [4.69, 9.17) is 4.61 Å². The van der Waals surface area contributed by atoms with Crippen LogP contribution in [0.1, 0.15) is 45.4 Å². The highest BCUT2D eigenvalue weighted by Crippen LogP contribution is 2.20. The summed E-state index contributed by atoms with van der Waals surface area (Å²) >= 11 is 2.13. The molecule has 0 heterocycles. The van der Waals surface area contributed by atoms with Crippen LogP contribution < -0.4 is 0 Å². The van der Waals surface area contributed by atoms with Gasteiger partial charge in [-0.1, -0.05) is 39.0 Å². The molecule has 0 saturated carbocycles. The average molecular weight is 287 g/mol. The van der Waals surface area contributed by atoms with Crippen LogP contribution in [0.15, 0.2) is 0 Å². The molecule has 0 bridgehead atoms. The zero-order chi connectivity index (χ0) is 8.53. The first kappa shape index (κ1) is 11.8. The molecule has 0 aliphatic heterocycles. The lowest BCUT2D eigenvalue weighted by Gasteiger charge is -1.97. The summed E-state index contributed by atoms with van der Waals surface area (Å²) in [5.41, 5.74) is 0. The largest absolute Gasteiger partial charge is 0.223 e. The number of hydrogen-bond donors (Lipinski definition) is 1. The van der Waals surface area contributed by atoms with E-state index in [1.807, 2.05) is 0 Å². The predicted octanol–water partition coefficient (Wildman–Crippen LogP) is 4.18. The summed E-state index contributed by atoms with van der Waals surface area (Å²) in [7, 11) is -0.655. The number of hydrogen-bond acceptors (Lipinski definition) is 1. The summed E-state index contributed by atoms with van der Waals surface area (Å²) in [4.78, 5) is 0. The monoisotopic (exact) mass is 287 g/mol. The van der Waals surface area contributed by atoms with Crippen molar-refractivity contribution in [3.05, 3.63) is 0 Å². The van der Waals surface area contributed by atoms with Gasteiger partial charge in [0.25, 0.3) is 0 Å². The minimum absolute atomic E-state index is 0.655. The third kappa shape index (κ3) is 10.8. The minimum atomic E-state index is -0.655. The molecule has 0 aliphatic carbocycles. The SMILES string of the molecule is CCCCCCCC[SH](#N)I. The van der Waals surface area contributed by atoms with Gasteiger partial charge in [-0.05, 0) is 14.1 Å². The van der Waals surface area contributed by atoms with Crippen molar-refractivity contribution in [2.45, 2.75) is 45.4 Å². The fourth-order valence-corrected chi connectivity index (χ4v) is 2.53. The van der Waals surface area contributed by atoms with Crippen molar-refractivity contribution < 1.29 is 0 Å². The highest BCUT2D eigenvalue weighted by atomic mass is 127. The van der Waals surface area contributed by atoms with Gasteiger partial charge in [0.05, 0.1) is 0 Å². The normalized spacial score (nSPS) is 13.2. The van der Waals surface area contributed by atoms with Crippen LogP contribution >= 0.6 is 28.9 Å². The second kappa shape index (κ2) is 8.88. The summed E-state index contributed by atoms with van der Waals surface area (Å²) in [6.45, 7) is 2.23. The molecule has 0 saturated heterocycles. The molecule has 68 valence electrons. The van der Waals surface area contributed by atoms with Crippen LogP contribution in [-0.4, -0.2) is 5.75 Å². The quantitative estimate of drug-likeness (QED) is 0.442. The van der Waals surface area contributed by atoms with Gasteiger partial charge in [-0.15, -0.1) is 0 Å². The Hall–Kier alpha value is 0.790. The van der Waals surface area contributed by atoms with Crippen molar-refractivity contribution in [1.29, 1.82) is 4.61 Å². The van der Waals surface area contributed by atoms with Crippen molar-refractivity contribution >= 4 is 28.9 Å². The van der Waals surface area contributed by atoms with Crippen LogP contribution in [0.25, 0.3) is 0 Å². The van der Waals surface area contributed by atoms with Crippen molar-refractivity contribution in [2.24, 2.45) is 0 Å². The fourth-order valence-electron chi connectivity index (χ4n) is 1.02. The van der Waals surface area contributed by atoms with E-state index in [1.54, 1.807) is 0 Å². The first-order chi connectivity index (χ1) is 5.27. The molecule has 0 aromatic heterocycles. The molecule has 0 aromatic carbocycles. The maximum atomic E-state index is 9.01. The van der Waals surface area contributed by atoms with E-state index in [-0.39, 0.29) is 0 Å². The zero-order valence-corrected chi connectivity index (χ0v) is 10.3. The Morgan fingerprint density at radius 2 is 1.64 bits per heavy atom. The second-order valence-corrected chi connectivity index (χ2v) is 7.29. The van der Waals surface area contributed by atoms with Crippen molar-refractivity contribution in [3.63, 3.8) is 0 Å². The number of thiol groups is 1. The van der Waals surface area contributed by atoms with Gasteiger partial charge >= 0.3 is 0 Å². The highest BCUT2D eigenvalue weighted by molar-refractivity contribution is 14.2. The maximum Gasteiger partial charge on any atom is 0.0141 e. The number of halogens is 1. The van der Waals surface area contributed by atoms with Crippen LogP contribution in [0.2, 0.25) is 0 Å². The molecular formula is C8H18INS. The second-order valence-electron chi connectivity index (χ2n) is 2.83. The van der Waals surface area contributed by atoms with Gasteiger partial charge in [0.1, 0.15) is 0 Å². The summed E-state index contributed by atoms with van der Waals surface area (Å²) in [5, 5.41) is 0. The molecule has 0 aliphatic rings. The van der Waals surface area contributed by atoms with E-state index in [0.717, 1.165) is 5.75 Å². The van der Waals surface area contributed by atoms with Gasteiger partial charge in [-0.2, -0.15) is 0 Å². The van der Waals surface area contributed by atoms with Crippen LogP contribution in [0.3, 0.4) is 0 Å². The standard InChI is InChI=1S/C8H18INS/c1-2-3-4-5-6-7-8-11(9)10/h11H,2-8H2,1H3. The lowest BCUT2D eigenvalue weighted by Crippen LogP contribution is -1.80. The van der Waals surface area contributed by atoms with Crippen molar-refractivity contribution in [1.82, 2.24) is 0 Å². The molecule has 0 rings (SSSR count). The van der Waals surface area contributed by atoms with Gasteiger partial charge in [0.2, 0.25) is 0 Å². The molecule has 0 aromatic rings. The van der Waals surface area contributed by atoms with E-state index in [2.05, 4.69) is 28.1 Å². The first-order valence-electron chi connectivity index (χ1n) is 4.39. The summed E-state index contributed by atoms with van der Waals surface area (Å²) in [6, 6.07) is 0. The third-order valence-electron chi connectivity index (χ3n) is 1.70. The van der Waals surface area contributed by atoms with Crippen LogP contribution in [-0.2, 0) is 0 Å². The van der Waals surface area contributed by atoms with Gasteiger partial charge in [-0.3, -0.25) is 0 Å². The van der Waals surface area contributed by atoms with Crippen LogP contribution in [0.4, 0.5) is 0 Å². The number of rotatable bonds is 6. The number of unbranched alkanes of at least 4 members (excludes halogenated alkanes) is 5. The Kier molecular flexibility index (Phi) is 9.52. The zero-order valence-electron chi connectivity index (χ0n) is 7.22. The van der Waals surface area contributed by atoms with Crippen molar-refractivity contribution in [3.8, 4) is 0 Å². The lowest BCUT2D eigenvalue weighted by atomic mass is 10.1. The Balaban J connectivity index is 2.87. The Morgan fingerprint density at radius 3 is 2.18 bits per heavy atom. The summed E-state index contributed by atoms with van der Waals surface area (Å²) in [6.07, 6.45) is 7.95. The van der Waals surface area contributed by atoms with E-state index >= 15 is 0 Å². The van der Waals surface area contributed by atoms with E-state index in [1.165, 1.54) is 38.5 Å². The van der Waals surface area contributed by atoms with Gasteiger partial charge < -0.3 is 0 Å². The Labute approximate surface area is 84.5 Å². The van der Waals surface area contributed by atoms with E-state index in [0.29, 0.717) is 0 Å². The molecule has 1 nitrogen and oxygen atoms in total. The minimum Gasteiger partial charge on any atom is -0.223 e. The topological polar surface area (TPSA) is 23.8 Å². The van der Waals surface area contributed by atoms with E-state index < -0.39 is 7.70 Å². The predicted molar refractivity (Wildman–Crippen MR) is 63.0 cm³/mol. The molecule has 0 N–H and O–H groups in total. The average Bonchev–Trinajstić information content (AvgIpc) is 1.96. The van der Waals surface area contributed by atoms with Crippen LogP contribution in [0, 0.1) is 4.61 Å². The molecule has 1 unspecified atom stereocenters. The molecule has 0 amide bonds. The van der Waals surface area contributed by atoms with Gasteiger partial charge in [0, 0.05) is 27.0 Å². The Morgan fingerprint density at radius 1 is 1.09 bits per heavy atom. The Bertz CT molecular complexity index is 139. The number of nitrogens with zero attached hydrogens (tertiary/aromatic N) is 1. The molecular weight excluding hydrogens is 269 g/mol. The summed E-state index contributed by atoms with van der Waals surface area (Å²) in [5.74, 6) is 1.03. The molecule has 11 heavy (non-hydrogen) atoms. The third-order valence-corrected chi connectivity index (χ3v) is 3.83. The molecule has 1 atom stereocenters. The molecule has 3 heteroatoms. The van der Waals surface area contributed by atoms with E-state index in [9.17, 15) is 0 Å². The fraction of sp³-hybridized carbons (Fsp3) is 1.00.